The summed E-state index contributed by atoms with van der Waals surface area (Å²) in [6.07, 6.45) is 0. The molecule has 1 aromatic carbocycles. The van der Waals surface area contributed by atoms with Crippen LogP contribution in [0.1, 0.15) is 5.56 Å². The summed E-state index contributed by atoms with van der Waals surface area (Å²) in [6, 6.07) is 7.30. The first-order valence-corrected chi connectivity index (χ1v) is 9.11. The molecule has 0 saturated carbocycles. The van der Waals surface area contributed by atoms with Crippen molar-refractivity contribution in [3.8, 4) is 5.75 Å². The number of carbonyl (C=O) groups excluding carboxylic acids is 1. The van der Waals surface area contributed by atoms with Gasteiger partial charge >= 0.3 is 5.97 Å². The molecule has 0 atom stereocenters. The van der Waals surface area contributed by atoms with E-state index in [1.807, 2.05) is 24.3 Å². The lowest BCUT2D eigenvalue weighted by Gasteiger charge is -2.39. The van der Waals surface area contributed by atoms with E-state index in [9.17, 15) is 4.79 Å². The second-order valence-electron chi connectivity index (χ2n) is 6.41. The molecule has 0 aliphatic carbocycles. The quantitative estimate of drug-likeness (QED) is 0.572. The van der Waals surface area contributed by atoms with E-state index < -0.39 is 5.97 Å². The first-order chi connectivity index (χ1) is 13.3. The summed E-state index contributed by atoms with van der Waals surface area (Å²) < 4.78 is 21.6. The number of aliphatic imine (C=N–C) groups is 1. The van der Waals surface area contributed by atoms with Crippen molar-refractivity contribution in [2.24, 2.45) is 4.99 Å². The third-order valence-corrected chi connectivity index (χ3v) is 4.77. The van der Waals surface area contributed by atoms with Crippen molar-refractivity contribution in [2.45, 2.75) is 0 Å². The topological polar surface area (TPSA) is 72.8 Å². The van der Waals surface area contributed by atoms with E-state index in [0.29, 0.717) is 38.0 Å². The summed E-state index contributed by atoms with van der Waals surface area (Å²) in [4.78, 5) is 21.6. The lowest BCUT2D eigenvalue weighted by molar-refractivity contribution is -0.130. The Hall–Kier alpha value is -2.58. The van der Waals surface area contributed by atoms with Crippen LogP contribution in [0.3, 0.4) is 0 Å². The molecule has 144 valence electrons. The Morgan fingerprint density at radius 2 is 1.52 bits per heavy atom. The molecule has 2 saturated heterocycles. The molecule has 3 aliphatic rings. The molecule has 8 nitrogen and oxygen atoms in total. The second-order valence-corrected chi connectivity index (χ2v) is 6.41. The molecule has 8 heteroatoms. The highest BCUT2D eigenvalue weighted by Crippen LogP contribution is 2.26. The molecule has 3 heterocycles. The third kappa shape index (κ3) is 3.77. The van der Waals surface area contributed by atoms with Gasteiger partial charge in [0.1, 0.15) is 11.6 Å². The molecular formula is C19H23N3O5. The van der Waals surface area contributed by atoms with Gasteiger partial charge in [0, 0.05) is 31.7 Å². The van der Waals surface area contributed by atoms with E-state index in [2.05, 4.69) is 14.8 Å². The highest BCUT2D eigenvalue weighted by Gasteiger charge is 2.33. The Bertz CT molecular complexity index is 727. The average molecular weight is 373 g/mol. The zero-order valence-electron chi connectivity index (χ0n) is 15.3. The van der Waals surface area contributed by atoms with Crippen LogP contribution in [0.25, 0.3) is 0 Å². The van der Waals surface area contributed by atoms with Gasteiger partial charge in [-0.05, 0) is 24.3 Å². The predicted molar refractivity (Wildman–Crippen MR) is 97.4 cm³/mol. The van der Waals surface area contributed by atoms with Crippen molar-refractivity contribution >= 4 is 11.9 Å². The number of hydrogen-bond donors (Lipinski definition) is 0. The maximum absolute atomic E-state index is 12.7. The van der Waals surface area contributed by atoms with E-state index >= 15 is 0 Å². The minimum absolute atomic E-state index is 0.316. The van der Waals surface area contributed by atoms with Crippen LogP contribution in [0.5, 0.6) is 5.75 Å². The van der Waals surface area contributed by atoms with Crippen LogP contribution >= 0.6 is 0 Å². The van der Waals surface area contributed by atoms with Crippen molar-refractivity contribution in [3.63, 3.8) is 0 Å². The predicted octanol–water partition coefficient (Wildman–Crippen LogP) is 0.832. The van der Waals surface area contributed by atoms with Crippen molar-refractivity contribution in [1.29, 1.82) is 0 Å². The molecule has 1 aromatic rings. The Morgan fingerprint density at radius 1 is 0.963 bits per heavy atom. The van der Waals surface area contributed by atoms with E-state index in [-0.39, 0.29) is 0 Å². The lowest BCUT2D eigenvalue weighted by Crippen LogP contribution is -2.46. The zero-order valence-corrected chi connectivity index (χ0v) is 15.3. The number of methoxy groups -OCH3 is 1. The van der Waals surface area contributed by atoms with Crippen molar-refractivity contribution in [2.75, 3.05) is 59.7 Å². The smallest absolute Gasteiger partial charge is 0.367 e. The molecule has 27 heavy (non-hydrogen) atoms. The average Bonchev–Trinajstić information content (AvgIpc) is 3.11. The number of esters is 1. The summed E-state index contributed by atoms with van der Waals surface area (Å²) >= 11 is 0. The molecule has 0 bridgehead atoms. The van der Waals surface area contributed by atoms with Crippen molar-refractivity contribution in [1.82, 2.24) is 9.80 Å². The number of rotatable bonds is 4. The van der Waals surface area contributed by atoms with Gasteiger partial charge in [0.15, 0.2) is 5.70 Å². The summed E-state index contributed by atoms with van der Waals surface area (Å²) in [5, 5.41) is 0. The minimum Gasteiger partial charge on any atom is -0.497 e. The van der Waals surface area contributed by atoms with E-state index in [0.717, 1.165) is 43.3 Å². The van der Waals surface area contributed by atoms with Gasteiger partial charge in [0.05, 0.1) is 33.5 Å². The van der Waals surface area contributed by atoms with Crippen LogP contribution < -0.4 is 4.74 Å². The number of hydrogen-bond acceptors (Lipinski definition) is 8. The first-order valence-electron chi connectivity index (χ1n) is 9.11. The number of benzene rings is 1. The van der Waals surface area contributed by atoms with Crippen LogP contribution in [0.2, 0.25) is 0 Å². The fraction of sp³-hybridized carbons (Fsp3) is 0.474. The van der Waals surface area contributed by atoms with Gasteiger partial charge in [-0.2, -0.15) is 0 Å². The maximum Gasteiger partial charge on any atom is 0.367 e. The number of ether oxygens (including phenoxy) is 4. The molecule has 0 amide bonds. The van der Waals surface area contributed by atoms with Gasteiger partial charge in [0.2, 0.25) is 5.90 Å². The third-order valence-electron chi connectivity index (χ3n) is 4.77. The number of cyclic esters (lactones) is 1. The molecule has 4 rings (SSSR count). The Balaban J connectivity index is 1.69. The lowest BCUT2D eigenvalue weighted by atomic mass is 10.2. The molecule has 2 fully saturated rings. The highest BCUT2D eigenvalue weighted by atomic mass is 16.6. The molecule has 0 spiro atoms. The van der Waals surface area contributed by atoms with Gasteiger partial charge in [-0.3, -0.25) is 0 Å². The van der Waals surface area contributed by atoms with Crippen LogP contribution in [-0.4, -0.2) is 81.4 Å². The molecule has 0 unspecified atom stereocenters. The van der Waals surface area contributed by atoms with Crippen LogP contribution in [0.4, 0.5) is 0 Å². The SMILES string of the molecule is COc1ccc(C2=NC(=C(N3CCOCC3)N3CCOCC3)C(=O)O2)cc1. The number of morpholine rings is 2. The zero-order chi connectivity index (χ0) is 18.6. The Kier molecular flexibility index (Phi) is 5.26. The van der Waals surface area contributed by atoms with E-state index in [1.54, 1.807) is 7.11 Å². The molecule has 0 radical (unpaired) electrons. The number of carbonyl (C=O) groups is 1. The van der Waals surface area contributed by atoms with Crippen molar-refractivity contribution in [3.05, 3.63) is 41.3 Å². The second kappa shape index (κ2) is 7.98. The van der Waals surface area contributed by atoms with Crippen LogP contribution in [0.15, 0.2) is 40.8 Å². The number of nitrogens with zero attached hydrogens (tertiary/aromatic N) is 3. The van der Waals surface area contributed by atoms with Gasteiger partial charge in [0.25, 0.3) is 0 Å². The maximum atomic E-state index is 12.7. The normalized spacial score (nSPS) is 20.4. The fourth-order valence-electron chi connectivity index (χ4n) is 3.35. The minimum atomic E-state index is -0.422. The van der Waals surface area contributed by atoms with E-state index in [4.69, 9.17) is 18.9 Å². The summed E-state index contributed by atoms with van der Waals surface area (Å²) in [7, 11) is 1.61. The fourth-order valence-corrected chi connectivity index (χ4v) is 3.35. The Morgan fingerprint density at radius 3 is 2.04 bits per heavy atom. The molecule has 0 aromatic heterocycles. The highest BCUT2D eigenvalue weighted by molar-refractivity contribution is 6.11. The van der Waals surface area contributed by atoms with Gasteiger partial charge in [-0.15, -0.1) is 0 Å². The standard InChI is InChI=1S/C19H23N3O5/c1-24-15-4-2-14(3-5-15)17-20-16(19(23)27-17)18(21-6-10-25-11-7-21)22-8-12-26-13-9-22/h2-5H,6-13H2,1H3. The van der Waals surface area contributed by atoms with E-state index in [1.165, 1.54) is 0 Å². The summed E-state index contributed by atoms with van der Waals surface area (Å²) in [5.41, 5.74) is 1.09. The monoisotopic (exact) mass is 373 g/mol. The summed E-state index contributed by atoms with van der Waals surface area (Å²) in [6.45, 7) is 5.40. The van der Waals surface area contributed by atoms with Crippen LogP contribution in [0, 0.1) is 0 Å². The summed E-state index contributed by atoms with van der Waals surface area (Å²) in [5.74, 6) is 1.45. The molecule has 0 N–H and O–H groups in total. The van der Waals surface area contributed by atoms with Gasteiger partial charge < -0.3 is 28.7 Å². The van der Waals surface area contributed by atoms with Crippen LogP contribution in [-0.2, 0) is 19.0 Å². The first kappa shape index (κ1) is 17.8. The Labute approximate surface area is 157 Å². The van der Waals surface area contributed by atoms with Crippen molar-refractivity contribution < 1.29 is 23.7 Å². The van der Waals surface area contributed by atoms with Gasteiger partial charge in [-0.25, -0.2) is 9.79 Å². The van der Waals surface area contributed by atoms with Gasteiger partial charge in [-0.1, -0.05) is 0 Å². The molecular weight excluding hydrogens is 350 g/mol. The largest absolute Gasteiger partial charge is 0.497 e. The molecule has 3 aliphatic heterocycles.